The van der Waals surface area contributed by atoms with Gasteiger partial charge in [-0.1, -0.05) is 0 Å². The number of ether oxygens (including phenoxy) is 1. The van der Waals surface area contributed by atoms with Gasteiger partial charge in [0.05, 0.1) is 24.0 Å². The van der Waals surface area contributed by atoms with Gasteiger partial charge in [0.15, 0.2) is 5.96 Å². The first kappa shape index (κ1) is 19.9. The van der Waals surface area contributed by atoms with Crippen LogP contribution in [0.4, 0.5) is 0 Å². The van der Waals surface area contributed by atoms with Gasteiger partial charge in [-0.05, 0) is 50.7 Å². The van der Waals surface area contributed by atoms with E-state index in [1.165, 1.54) is 16.3 Å². The maximum atomic E-state index is 13.2. The second-order valence-electron chi connectivity index (χ2n) is 7.68. The van der Waals surface area contributed by atoms with Gasteiger partial charge in [-0.25, -0.2) is 8.42 Å². The Labute approximate surface area is 160 Å². The molecule has 2 aliphatic heterocycles. The summed E-state index contributed by atoms with van der Waals surface area (Å²) in [5, 5.41) is 11.1. The third-order valence-electron chi connectivity index (χ3n) is 5.86. The third-order valence-corrected chi connectivity index (χ3v) is 7.86. The summed E-state index contributed by atoms with van der Waals surface area (Å²) in [5.74, 6) is 0.488. The standard InChI is InChI=1S/C18H28N4O4S/c1-18(11-16(23)21(2)17(19)20-18)13-6-5-9-22(12-13)27(24,25)15-8-4-7-14(10-15)26-3/h7,10,13H,4-6,8-9,11-12H2,1-3H3,(H2,19,20)/t13?,18-/m0/s1. The number of hydrogen-bond acceptors (Lipinski definition) is 5. The van der Waals surface area contributed by atoms with E-state index in [0.717, 1.165) is 12.8 Å². The predicted octanol–water partition coefficient (Wildman–Crippen LogP) is 1.38. The first-order valence-electron chi connectivity index (χ1n) is 9.25. The van der Waals surface area contributed by atoms with Crippen molar-refractivity contribution in [3.8, 4) is 0 Å². The summed E-state index contributed by atoms with van der Waals surface area (Å²) >= 11 is 0. The number of piperidine rings is 1. The van der Waals surface area contributed by atoms with Gasteiger partial charge in [0, 0.05) is 20.1 Å². The summed E-state index contributed by atoms with van der Waals surface area (Å²) in [7, 11) is -0.458. The molecule has 2 N–H and O–H groups in total. The molecule has 1 amide bonds. The van der Waals surface area contributed by atoms with Gasteiger partial charge in [0.25, 0.3) is 0 Å². The average Bonchev–Trinajstić information content (AvgIpc) is 2.66. The molecule has 3 aliphatic rings. The highest BCUT2D eigenvalue weighted by molar-refractivity contribution is 7.93. The highest BCUT2D eigenvalue weighted by Crippen LogP contribution is 2.35. The lowest BCUT2D eigenvalue weighted by molar-refractivity contribution is -0.130. The number of amides is 1. The summed E-state index contributed by atoms with van der Waals surface area (Å²) in [6, 6.07) is 0. The van der Waals surface area contributed by atoms with Crippen molar-refractivity contribution in [1.29, 1.82) is 5.41 Å². The summed E-state index contributed by atoms with van der Waals surface area (Å²) in [6.45, 7) is 2.74. The number of hydrogen-bond donors (Lipinski definition) is 2. The van der Waals surface area contributed by atoms with Crippen LogP contribution in [0, 0.1) is 11.3 Å². The zero-order valence-electron chi connectivity index (χ0n) is 16.1. The number of methoxy groups -OCH3 is 1. The Balaban J connectivity index is 1.80. The molecule has 0 spiro atoms. The van der Waals surface area contributed by atoms with Gasteiger partial charge < -0.3 is 10.1 Å². The number of allylic oxidation sites excluding steroid dienone is 3. The number of nitrogens with zero attached hydrogens (tertiary/aromatic N) is 2. The van der Waals surface area contributed by atoms with E-state index in [0.29, 0.717) is 36.6 Å². The molecule has 2 atom stereocenters. The first-order valence-corrected chi connectivity index (χ1v) is 10.7. The minimum atomic E-state index is -3.57. The van der Waals surface area contributed by atoms with Crippen LogP contribution in [0.25, 0.3) is 0 Å². The van der Waals surface area contributed by atoms with Gasteiger partial charge >= 0.3 is 0 Å². The minimum Gasteiger partial charge on any atom is -0.497 e. The van der Waals surface area contributed by atoms with Crippen molar-refractivity contribution in [2.75, 3.05) is 27.2 Å². The second-order valence-corrected chi connectivity index (χ2v) is 9.67. The van der Waals surface area contributed by atoms with E-state index in [-0.39, 0.29) is 24.2 Å². The van der Waals surface area contributed by atoms with Crippen molar-refractivity contribution in [1.82, 2.24) is 14.5 Å². The monoisotopic (exact) mass is 396 g/mol. The maximum Gasteiger partial charge on any atom is 0.239 e. The molecule has 0 aromatic carbocycles. The van der Waals surface area contributed by atoms with E-state index < -0.39 is 15.6 Å². The molecule has 0 saturated carbocycles. The fraction of sp³-hybridized carbons (Fsp3) is 0.667. The summed E-state index contributed by atoms with van der Waals surface area (Å²) in [6.07, 6.45) is 6.42. The fourth-order valence-electron chi connectivity index (χ4n) is 4.04. The number of carbonyl (C=O) groups is 1. The normalized spacial score (nSPS) is 30.5. The molecule has 2 saturated heterocycles. The van der Waals surface area contributed by atoms with E-state index in [2.05, 4.69) is 5.32 Å². The van der Waals surface area contributed by atoms with Crippen molar-refractivity contribution >= 4 is 21.9 Å². The Morgan fingerprint density at radius 2 is 2.15 bits per heavy atom. The van der Waals surface area contributed by atoms with Gasteiger partial charge in [0.1, 0.15) is 5.76 Å². The van der Waals surface area contributed by atoms with Crippen LogP contribution in [0.15, 0.2) is 22.8 Å². The molecule has 0 radical (unpaired) electrons. The zero-order valence-corrected chi connectivity index (χ0v) is 16.9. The molecule has 3 rings (SSSR count). The Kier molecular flexibility index (Phi) is 5.36. The van der Waals surface area contributed by atoms with Crippen molar-refractivity contribution in [3.05, 3.63) is 22.8 Å². The number of rotatable bonds is 4. The first-order chi connectivity index (χ1) is 12.7. The van der Waals surface area contributed by atoms with Crippen LogP contribution in [0.5, 0.6) is 0 Å². The molecule has 150 valence electrons. The smallest absolute Gasteiger partial charge is 0.239 e. The molecule has 27 heavy (non-hydrogen) atoms. The molecular formula is C18H28N4O4S. The van der Waals surface area contributed by atoms with Crippen molar-refractivity contribution < 1.29 is 17.9 Å². The van der Waals surface area contributed by atoms with Gasteiger partial charge in [-0.15, -0.1) is 0 Å². The molecule has 8 nitrogen and oxygen atoms in total. The summed E-state index contributed by atoms with van der Waals surface area (Å²) in [4.78, 5) is 13.9. The van der Waals surface area contributed by atoms with Crippen LogP contribution >= 0.6 is 0 Å². The fourth-order valence-corrected chi connectivity index (χ4v) is 5.76. The molecule has 2 fully saturated rings. The lowest BCUT2D eigenvalue weighted by Crippen LogP contribution is -2.65. The quantitative estimate of drug-likeness (QED) is 0.747. The molecule has 1 aliphatic carbocycles. The number of nitrogens with one attached hydrogen (secondary N) is 2. The average molecular weight is 397 g/mol. The van der Waals surface area contributed by atoms with E-state index in [1.54, 1.807) is 13.1 Å². The molecule has 0 aromatic rings. The van der Waals surface area contributed by atoms with E-state index in [4.69, 9.17) is 10.1 Å². The van der Waals surface area contributed by atoms with Gasteiger partial charge in [-0.2, -0.15) is 4.31 Å². The largest absolute Gasteiger partial charge is 0.497 e. The highest BCUT2D eigenvalue weighted by Gasteiger charge is 2.45. The predicted molar refractivity (Wildman–Crippen MR) is 102 cm³/mol. The summed E-state index contributed by atoms with van der Waals surface area (Å²) < 4.78 is 33.0. The van der Waals surface area contributed by atoms with Crippen molar-refractivity contribution in [2.45, 2.75) is 44.6 Å². The third kappa shape index (κ3) is 3.75. The van der Waals surface area contributed by atoms with Crippen LogP contribution in [0.2, 0.25) is 0 Å². The Morgan fingerprint density at radius 1 is 1.41 bits per heavy atom. The topological polar surface area (TPSA) is 103 Å². The Hall–Kier alpha value is -1.87. The van der Waals surface area contributed by atoms with E-state index in [9.17, 15) is 13.2 Å². The van der Waals surface area contributed by atoms with Crippen molar-refractivity contribution in [3.63, 3.8) is 0 Å². The van der Waals surface area contributed by atoms with Crippen molar-refractivity contribution in [2.24, 2.45) is 5.92 Å². The maximum absolute atomic E-state index is 13.2. The Bertz CT molecular complexity index is 784. The molecule has 2 heterocycles. The molecular weight excluding hydrogens is 368 g/mol. The van der Waals surface area contributed by atoms with E-state index in [1.807, 2.05) is 13.0 Å². The van der Waals surface area contributed by atoms with E-state index >= 15 is 0 Å². The van der Waals surface area contributed by atoms with Crippen LogP contribution in [-0.4, -0.2) is 62.3 Å². The van der Waals surface area contributed by atoms with Crippen LogP contribution < -0.4 is 5.32 Å². The summed E-state index contributed by atoms with van der Waals surface area (Å²) in [5.41, 5.74) is -0.618. The molecule has 0 aromatic heterocycles. The molecule has 9 heteroatoms. The van der Waals surface area contributed by atoms with Crippen LogP contribution in [0.3, 0.4) is 0 Å². The lowest BCUT2D eigenvalue weighted by Gasteiger charge is -2.47. The van der Waals surface area contributed by atoms with Gasteiger partial charge in [0.2, 0.25) is 15.9 Å². The number of guanidine groups is 1. The SMILES string of the molecule is COC1=CCCC(S(=O)(=O)N2CCCC([C@]3(C)CC(=O)N(C)C(=N)N3)C2)=C1. The lowest BCUT2D eigenvalue weighted by atomic mass is 9.77. The highest BCUT2D eigenvalue weighted by atomic mass is 32.2. The van der Waals surface area contributed by atoms with Gasteiger partial charge in [-0.3, -0.25) is 15.1 Å². The number of carbonyl (C=O) groups excluding carboxylic acids is 1. The molecule has 1 unspecified atom stereocenters. The van der Waals surface area contributed by atoms with Crippen LogP contribution in [0.1, 0.15) is 39.0 Å². The number of sulfonamides is 1. The Morgan fingerprint density at radius 3 is 2.81 bits per heavy atom. The second kappa shape index (κ2) is 7.27. The minimum absolute atomic E-state index is 0.0411. The zero-order chi connectivity index (χ0) is 19.8. The molecule has 0 bridgehead atoms. The van der Waals surface area contributed by atoms with Crippen LogP contribution in [-0.2, 0) is 19.6 Å².